The Labute approximate surface area is 142 Å². The van der Waals surface area contributed by atoms with E-state index in [4.69, 9.17) is 9.57 Å². The molecular formula is C17H26N2O5. The number of aliphatic hydroxyl groups is 1. The summed E-state index contributed by atoms with van der Waals surface area (Å²) in [5, 5.41) is 12.5. The third-order valence-electron chi connectivity index (χ3n) is 2.88. The lowest BCUT2D eigenvalue weighted by Crippen LogP contribution is -2.58. The Morgan fingerprint density at radius 1 is 1.12 bits per heavy atom. The number of hydrogen-bond donors (Lipinski definition) is 3. The van der Waals surface area contributed by atoms with Crippen molar-refractivity contribution in [3.8, 4) is 0 Å². The Hall–Kier alpha value is -2.12. The molecule has 0 fully saturated rings. The second-order valence-corrected chi connectivity index (χ2v) is 6.97. The van der Waals surface area contributed by atoms with E-state index in [0.717, 1.165) is 5.56 Å². The maximum absolute atomic E-state index is 12.2. The predicted molar refractivity (Wildman–Crippen MR) is 88.8 cm³/mol. The van der Waals surface area contributed by atoms with Crippen molar-refractivity contribution in [2.24, 2.45) is 0 Å². The van der Waals surface area contributed by atoms with Gasteiger partial charge in [-0.3, -0.25) is 9.63 Å². The van der Waals surface area contributed by atoms with E-state index in [-0.39, 0.29) is 6.61 Å². The zero-order valence-electron chi connectivity index (χ0n) is 14.8. The quantitative estimate of drug-likeness (QED) is 0.688. The van der Waals surface area contributed by atoms with E-state index in [9.17, 15) is 14.7 Å². The van der Waals surface area contributed by atoms with Gasteiger partial charge in [0.05, 0.1) is 12.2 Å². The van der Waals surface area contributed by atoms with Gasteiger partial charge < -0.3 is 15.2 Å². The van der Waals surface area contributed by atoms with E-state index in [1.165, 1.54) is 13.8 Å². The minimum Gasteiger partial charge on any atom is -0.444 e. The number of hydrogen-bond acceptors (Lipinski definition) is 5. The molecule has 1 aromatic carbocycles. The van der Waals surface area contributed by atoms with Crippen LogP contribution in [0, 0.1) is 0 Å². The smallest absolute Gasteiger partial charge is 0.408 e. The molecular weight excluding hydrogens is 312 g/mol. The van der Waals surface area contributed by atoms with Crippen LogP contribution in [0.3, 0.4) is 0 Å². The van der Waals surface area contributed by atoms with Crippen LogP contribution in [0.25, 0.3) is 0 Å². The van der Waals surface area contributed by atoms with Gasteiger partial charge in [0.2, 0.25) is 0 Å². The Bertz CT molecular complexity index is 546. The van der Waals surface area contributed by atoms with Gasteiger partial charge in [-0.25, -0.2) is 10.3 Å². The van der Waals surface area contributed by atoms with Crippen LogP contribution in [0.1, 0.15) is 40.2 Å². The minimum absolute atomic E-state index is 0.164. The summed E-state index contributed by atoms with van der Waals surface area (Å²) in [6.07, 6.45) is -0.798. The van der Waals surface area contributed by atoms with Crippen molar-refractivity contribution >= 4 is 12.0 Å². The van der Waals surface area contributed by atoms with Gasteiger partial charge >= 0.3 is 6.09 Å². The number of rotatable bonds is 6. The topological polar surface area (TPSA) is 96.9 Å². The molecule has 0 aliphatic heterocycles. The van der Waals surface area contributed by atoms with E-state index in [1.54, 1.807) is 20.8 Å². The molecule has 0 radical (unpaired) electrons. The normalized spacial score (nSPS) is 13.1. The number of nitrogens with one attached hydrogen (secondary N) is 2. The molecule has 1 rings (SSSR count). The van der Waals surface area contributed by atoms with E-state index in [2.05, 4.69) is 10.8 Å². The molecule has 134 valence electrons. The third kappa shape index (κ3) is 7.43. The number of benzene rings is 1. The summed E-state index contributed by atoms with van der Waals surface area (Å²) in [6.45, 7) is 8.09. The van der Waals surface area contributed by atoms with Crippen molar-refractivity contribution < 1.29 is 24.3 Å². The summed E-state index contributed by atoms with van der Waals surface area (Å²) in [6, 6.07) is 8.03. The molecule has 3 N–H and O–H groups in total. The molecule has 7 nitrogen and oxygen atoms in total. The van der Waals surface area contributed by atoms with Crippen molar-refractivity contribution in [3.63, 3.8) is 0 Å². The largest absolute Gasteiger partial charge is 0.444 e. The molecule has 0 heterocycles. The molecule has 24 heavy (non-hydrogen) atoms. The number of carbonyl (C=O) groups excluding carboxylic acids is 2. The van der Waals surface area contributed by atoms with Crippen LogP contribution in [0.2, 0.25) is 0 Å². The molecule has 0 aliphatic rings. The van der Waals surface area contributed by atoms with Gasteiger partial charge in [0, 0.05) is 0 Å². The van der Waals surface area contributed by atoms with Crippen LogP contribution in [-0.2, 0) is 21.0 Å². The van der Waals surface area contributed by atoms with Crippen molar-refractivity contribution in [1.82, 2.24) is 10.8 Å². The van der Waals surface area contributed by atoms with Gasteiger partial charge in [-0.1, -0.05) is 30.3 Å². The second-order valence-electron chi connectivity index (χ2n) is 6.97. The Morgan fingerprint density at radius 3 is 2.21 bits per heavy atom. The van der Waals surface area contributed by atoms with Crippen LogP contribution in [0.4, 0.5) is 4.79 Å². The molecule has 1 aromatic rings. The fourth-order valence-corrected chi connectivity index (χ4v) is 1.81. The average molecular weight is 338 g/mol. The number of amides is 2. The zero-order chi connectivity index (χ0) is 18.4. The third-order valence-corrected chi connectivity index (χ3v) is 2.88. The van der Waals surface area contributed by atoms with Crippen molar-refractivity contribution in [3.05, 3.63) is 35.9 Å². The first kappa shape index (κ1) is 19.9. The lowest BCUT2D eigenvalue weighted by molar-refractivity contribution is -0.142. The maximum Gasteiger partial charge on any atom is 0.408 e. The summed E-state index contributed by atoms with van der Waals surface area (Å²) in [5.74, 6) is -0.677. The molecule has 2 amide bonds. The van der Waals surface area contributed by atoms with Crippen molar-refractivity contribution in [2.75, 3.05) is 0 Å². The Balaban J connectivity index is 2.60. The zero-order valence-corrected chi connectivity index (χ0v) is 14.8. The summed E-state index contributed by atoms with van der Waals surface area (Å²) >= 11 is 0. The standard InChI is InChI=1S/C17H26N2O5/c1-16(2,3)24-15(21)18-13(17(4,5)22)14(20)19-23-11-12-9-7-6-8-10-12/h6-10,13,22H,11H2,1-5H3,(H,18,21)(H,19,20)/t13-/m1/s1. The lowest BCUT2D eigenvalue weighted by atomic mass is 9.98. The van der Waals surface area contributed by atoms with Gasteiger partial charge in [-0.2, -0.15) is 0 Å². The first-order valence-electron chi connectivity index (χ1n) is 7.66. The van der Waals surface area contributed by atoms with Crippen LogP contribution in [0.5, 0.6) is 0 Å². The summed E-state index contributed by atoms with van der Waals surface area (Å²) in [4.78, 5) is 29.2. The van der Waals surface area contributed by atoms with Crippen molar-refractivity contribution in [1.29, 1.82) is 0 Å². The Kier molecular flexibility index (Phi) is 6.74. The molecule has 0 saturated carbocycles. The van der Waals surface area contributed by atoms with Crippen molar-refractivity contribution in [2.45, 2.75) is 58.5 Å². The second kappa shape index (κ2) is 8.12. The number of alkyl carbamates (subject to hydrolysis) is 1. The molecule has 0 aliphatic carbocycles. The number of hydroxylamine groups is 1. The highest BCUT2D eigenvalue weighted by Gasteiger charge is 2.36. The summed E-state index contributed by atoms with van der Waals surface area (Å²) in [7, 11) is 0. The van der Waals surface area contributed by atoms with Gasteiger partial charge in [-0.05, 0) is 40.2 Å². The highest BCUT2D eigenvalue weighted by atomic mass is 16.7. The Morgan fingerprint density at radius 2 is 1.71 bits per heavy atom. The number of ether oxygens (including phenoxy) is 1. The van der Waals surface area contributed by atoms with Gasteiger partial charge in [0.15, 0.2) is 0 Å². The van der Waals surface area contributed by atoms with E-state index in [1.807, 2.05) is 30.3 Å². The van der Waals surface area contributed by atoms with Gasteiger partial charge in [0.1, 0.15) is 11.6 Å². The van der Waals surface area contributed by atoms with Gasteiger partial charge in [0.25, 0.3) is 5.91 Å². The van der Waals surface area contributed by atoms with E-state index >= 15 is 0 Å². The molecule has 0 saturated heterocycles. The molecule has 7 heteroatoms. The van der Waals surface area contributed by atoms with E-state index in [0.29, 0.717) is 0 Å². The molecule has 1 atom stereocenters. The fraction of sp³-hybridized carbons (Fsp3) is 0.529. The average Bonchev–Trinajstić information content (AvgIpc) is 2.42. The SMILES string of the molecule is CC(C)(C)OC(=O)N[C@H](C(=O)NOCc1ccccc1)C(C)(C)O. The first-order valence-corrected chi connectivity index (χ1v) is 7.66. The summed E-state index contributed by atoms with van der Waals surface area (Å²) < 4.78 is 5.11. The lowest BCUT2D eigenvalue weighted by Gasteiger charge is -2.30. The predicted octanol–water partition coefficient (Wildman–Crippen LogP) is 1.90. The highest BCUT2D eigenvalue weighted by Crippen LogP contribution is 2.12. The molecule has 0 unspecified atom stereocenters. The summed E-state index contributed by atoms with van der Waals surface area (Å²) in [5.41, 5.74) is 0.893. The minimum atomic E-state index is -1.50. The highest BCUT2D eigenvalue weighted by molar-refractivity contribution is 5.86. The monoisotopic (exact) mass is 338 g/mol. The van der Waals surface area contributed by atoms with Crippen LogP contribution in [-0.4, -0.2) is 34.4 Å². The molecule has 0 aromatic heterocycles. The fourth-order valence-electron chi connectivity index (χ4n) is 1.81. The van der Waals surface area contributed by atoms with Gasteiger partial charge in [-0.15, -0.1) is 0 Å². The molecule has 0 bridgehead atoms. The van der Waals surface area contributed by atoms with E-state index < -0.39 is 29.2 Å². The number of carbonyl (C=O) groups is 2. The van der Waals surface area contributed by atoms with Crippen LogP contribution in [0.15, 0.2) is 30.3 Å². The van der Waals surface area contributed by atoms with Crippen LogP contribution >= 0.6 is 0 Å². The van der Waals surface area contributed by atoms with Crippen LogP contribution < -0.4 is 10.8 Å². The molecule has 0 spiro atoms. The maximum atomic E-state index is 12.2. The first-order chi connectivity index (χ1) is 11.0.